The summed E-state index contributed by atoms with van der Waals surface area (Å²) in [6, 6.07) is 3.49. The monoisotopic (exact) mass is 376 g/mol. The molecule has 1 aromatic carbocycles. The van der Waals surface area contributed by atoms with Crippen molar-refractivity contribution in [2.24, 2.45) is 5.92 Å². The van der Waals surface area contributed by atoms with Crippen LogP contribution in [-0.2, 0) is 10.0 Å². The first kappa shape index (κ1) is 19.1. The molecule has 0 bridgehead atoms. The number of nitro groups is 1. The number of nitrogens with one attached hydrogen (secondary N) is 2. The molecule has 134 valence electrons. The fraction of sp³-hybridized carbons (Fsp3) is 0.600. The zero-order valence-electron chi connectivity index (χ0n) is 13.6. The molecule has 1 aromatic rings. The van der Waals surface area contributed by atoms with Gasteiger partial charge in [0, 0.05) is 19.0 Å². The zero-order chi connectivity index (χ0) is 17.7. The maximum absolute atomic E-state index is 12.2. The van der Waals surface area contributed by atoms with E-state index in [9.17, 15) is 18.5 Å². The summed E-state index contributed by atoms with van der Waals surface area (Å²) in [7, 11) is -3.77. The van der Waals surface area contributed by atoms with E-state index in [-0.39, 0.29) is 9.92 Å². The van der Waals surface area contributed by atoms with Crippen molar-refractivity contribution in [1.82, 2.24) is 4.72 Å². The van der Waals surface area contributed by atoms with E-state index >= 15 is 0 Å². The highest BCUT2D eigenvalue weighted by molar-refractivity contribution is 7.89. The van der Waals surface area contributed by atoms with Crippen molar-refractivity contribution >= 4 is 27.3 Å². The fourth-order valence-electron chi connectivity index (χ4n) is 2.85. The van der Waals surface area contributed by atoms with E-state index in [0.29, 0.717) is 6.54 Å². The van der Waals surface area contributed by atoms with Gasteiger partial charge in [-0.2, -0.15) is 0 Å². The maximum Gasteiger partial charge on any atom is 0.289 e. The Balaban J connectivity index is 1.87. The van der Waals surface area contributed by atoms with Crippen LogP contribution in [0.5, 0.6) is 0 Å². The summed E-state index contributed by atoms with van der Waals surface area (Å²) in [4.78, 5) is 11.5. The molecule has 1 saturated heterocycles. The molecule has 1 heterocycles. The Hall–Kier alpha value is -1.22. The number of nitrogens with zero attached hydrogens (tertiary/aromatic N) is 1. The van der Waals surface area contributed by atoms with Crippen molar-refractivity contribution in [3.05, 3.63) is 33.3 Å². The first-order valence-corrected chi connectivity index (χ1v) is 9.93. The summed E-state index contributed by atoms with van der Waals surface area (Å²) in [5.41, 5.74) is -0.411. The lowest BCUT2D eigenvalue weighted by Gasteiger charge is -2.27. The standard InChI is InChI=1S/C15H22ClN3O4S/c1-12-5-9-18(10-6-12)8-2-7-17-24(22,23)13-3-4-14(16)15(11-13)19(20)21/h3-4,11-12,17H,2,5-10H2,1H3/p+1. The minimum Gasteiger partial charge on any atom is -0.335 e. The summed E-state index contributed by atoms with van der Waals surface area (Å²) >= 11 is 5.70. The van der Waals surface area contributed by atoms with E-state index < -0.39 is 20.6 Å². The molecule has 1 fully saturated rings. The predicted octanol–water partition coefficient (Wildman–Crippen LogP) is 1.23. The van der Waals surface area contributed by atoms with Crippen molar-refractivity contribution in [1.29, 1.82) is 0 Å². The van der Waals surface area contributed by atoms with E-state index in [4.69, 9.17) is 11.6 Å². The van der Waals surface area contributed by atoms with Gasteiger partial charge in [-0.25, -0.2) is 13.1 Å². The average molecular weight is 377 g/mol. The van der Waals surface area contributed by atoms with Gasteiger partial charge < -0.3 is 4.90 Å². The third kappa shape index (κ3) is 5.14. The SMILES string of the molecule is CC1CC[NH+](CCCNS(=O)(=O)c2ccc(Cl)c([N+](=O)[O-])c2)CC1. The molecule has 9 heteroatoms. The van der Waals surface area contributed by atoms with Gasteiger partial charge in [-0.15, -0.1) is 0 Å². The van der Waals surface area contributed by atoms with E-state index in [2.05, 4.69) is 11.6 Å². The number of hydrogen-bond donors (Lipinski definition) is 2. The molecule has 0 atom stereocenters. The van der Waals surface area contributed by atoms with Gasteiger partial charge in [0.1, 0.15) is 5.02 Å². The van der Waals surface area contributed by atoms with E-state index in [1.54, 1.807) is 0 Å². The van der Waals surface area contributed by atoms with Gasteiger partial charge in [0.05, 0.1) is 29.5 Å². The molecule has 0 amide bonds. The zero-order valence-corrected chi connectivity index (χ0v) is 15.2. The first-order chi connectivity index (χ1) is 11.3. The lowest BCUT2D eigenvalue weighted by Crippen LogP contribution is -3.13. The second-order valence-corrected chi connectivity index (χ2v) is 8.48. The van der Waals surface area contributed by atoms with Crippen LogP contribution in [0.25, 0.3) is 0 Å². The van der Waals surface area contributed by atoms with Crippen molar-refractivity contribution in [3.63, 3.8) is 0 Å². The molecule has 0 saturated carbocycles. The largest absolute Gasteiger partial charge is 0.335 e. The van der Waals surface area contributed by atoms with Crippen molar-refractivity contribution in [2.45, 2.75) is 31.1 Å². The minimum atomic E-state index is -3.77. The highest BCUT2D eigenvalue weighted by atomic mass is 35.5. The number of benzene rings is 1. The van der Waals surface area contributed by atoms with Crippen LogP contribution in [0.2, 0.25) is 5.02 Å². The van der Waals surface area contributed by atoms with Gasteiger partial charge in [0.25, 0.3) is 5.69 Å². The number of rotatable bonds is 7. The van der Waals surface area contributed by atoms with Crippen LogP contribution in [0.4, 0.5) is 5.69 Å². The topological polar surface area (TPSA) is 93.8 Å². The Morgan fingerprint density at radius 3 is 2.67 bits per heavy atom. The number of likely N-dealkylation sites (tertiary alicyclic amines) is 1. The molecule has 2 rings (SSSR count). The minimum absolute atomic E-state index is 0.0816. The normalized spacial score (nSPS) is 21.6. The molecule has 0 unspecified atom stereocenters. The van der Waals surface area contributed by atoms with Crippen LogP contribution in [-0.4, -0.2) is 39.5 Å². The predicted molar refractivity (Wildman–Crippen MR) is 91.9 cm³/mol. The Bertz CT molecular complexity index is 688. The van der Waals surface area contributed by atoms with Crippen LogP contribution < -0.4 is 9.62 Å². The van der Waals surface area contributed by atoms with E-state index in [1.165, 1.54) is 29.9 Å². The Labute approximate surface area is 147 Å². The van der Waals surface area contributed by atoms with Gasteiger partial charge in [-0.3, -0.25) is 10.1 Å². The Morgan fingerprint density at radius 1 is 1.38 bits per heavy atom. The van der Waals surface area contributed by atoms with Crippen molar-refractivity contribution < 1.29 is 18.2 Å². The van der Waals surface area contributed by atoms with Gasteiger partial charge in [0.15, 0.2) is 0 Å². The van der Waals surface area contributed by atoms with Gasteiger partial charge in [-0.05, 0) is 30.9 Å². The van der Waals surface area contributed by atoms with Crippen molar-refractivity contribution in [2.75, 3.05) is 26.2 Å². The number of halogens is 1. The molecule has 1 aliphatic heterocycles. The van der Waals surface area contributed by atoms with Crippen LogP contribution in [0, 0.1) is 16.0 Å². The van der Waals surface area contributed by atoms with Crippen LogP contribution >= 0.6 is 11.6 Å². The molecule has 0 spiro atoms. The van der Waals surface area contributed by atoms with Crippen LogP contribution in [0.3, 0.4) is 0 Å². The molecule has 0 radical (unpaired) electrons. The molecule has 24 heavy (non-hydrogen) atoms. The smallest absolute Gasteiger partial charge is 0.289 e. The van der Waals surface area contributed by atoms with Gasteiger partial charge in [-0.1, -0.05) is 18.5 Å². The maximum atomic E-state index is 12.2. The summed E-state index contributed by atoms with van der Waals surface area (Å²) < 4.78 is 27.0. The van der Waals surface area contributed by atoms with E-state index in [0.717, 1.165) is 38.0 Å². The van der Waals surface area contributed by atoms with Crippen LogP contribution in [0.1, 0.15) is 26.2 Å². The third-order valence-electron chi connectivity index (χ3n) is 4.41. The molecule has 2 N–H and O–H groups in total. The molecule has 1 aliphatic rings. The lowest BCUT2D eigenvalue weighted by molar-refractivity contribution is -0.906. The quantitative estimate of drug-likeness (QED) is 0.425. The average Bonchev–Trinajstić information content (AvgIpc) is 2.53. The Kier molecular flexibility index (Phi) is 6.56. The third-order valence-corrected chi connectivity index (χ3v) is 6.18. The van der Waals surface area contributed by atoms with Gasteiger partial charge >= 0.3 is 0 Å². The summed E-state index contributed by atoms with van der Waals surface area (Å²) in [6.07, 6.45) is 3.17. The highest BCUT2D eigenvalue weighted by Crippen LogP contribution is 2.26. The van der Waals surface area contributed by atoms with E-state index in [1.807, 2.05) is 0 Å². The van der Waals surface area contributed by atoms with Crippen LogP contribution in [0.15, 0.2) is 23.1 Å². The molecule has 7 nitrogen and oxygen atoms in total. The van der Waals surface area contributed by atoms with Crippen molar-refractivity contribution in [3.8, 4) is 0 Å². The second kappa shape index (κ2) is 8.24. The fourth-order valence-corrected chi connectivity index (χ4v) is 4.13. The van der Waals surface area contributed by atoms with Gasteiger partial charge in [0.2, 0.25) is 10.0 Å². The number of hydrogen-bond acceptors (Lipinski definition) is 4. The second-order valence-electron chi connectivity index (χ2n) is 6.30. The highest BCUT2D eigenvalue weighted by Gasteiger charge is 2.21. The molecular formula is C15H23ClN3O4S+. The molecule has 0 aliphatic carbocycles. The summed E-state index contributed by atoms with van der Waals surface area (Å²) in [6.45, 7) is 5.78. The summed E-state index contributed by atoms with van der Waals surface area (Å²) in [5.74, 6) is 0.785. The lowest BCUT2D eigenvalue weighted by atomic mass is 9.99. The molecular weight excluding hydrogens is 354 g/mol. The Morgan fingerprint density at radius 2 is 2.04 bits per heavy atom. The number of sulfonamides is 1. The summed E-state index contributed by atoms with van der Waals surface area (Å²) in [5, 5.41) is 10.8. The number of nitro benzene ring substituents is 1. The molecule has 0 aromatic heterocycles. The number of piperidine rings is 1. The number of quaternary nitrogens is 1. The first-order valence-electron chi connectivity index (χ1n) is 8.07.